The summed E-state index contributed by atoms with van der Waals surface area (Å²) in [6, 6.07) is 6.14. The third-order valence-corrected chi connectivity index (χ3v) is 5.50. The van der Waals surface area contributed by atoms with Crippen molar-refractivity contribution >= 4 is 0 Å². The molecular formula is C16H24NO+. The molecule has 1 heterocycles. The molecule has 3 fully saturated rings. The minimum atomic E-state index is 0.453. The lowest BCUT2D eigenvalue weighted by Crippen LogP contribution is -2.57. The molecule has 0 aliphatic heterocycles. The van der Waals surface area contributed by atoms with E-state index >= 15 is 0 Å². The molecule has 0 radical (unpaired) electrons. The van der Waals surface area contributed by atoms with Crippen molar-refractivity contribution in [3.63, 3.8) is 0 Å². The lowest BCUT2D eigenvalue weighted by atomic mass is 9.45. The van der Waals surface area contributed by atoms with Crippen LogP contribution in [0, 0.1) is 23.2 Å². The van der Waals surface area contributed by atoms with Crippen LogP contribution in [-0.2, 0) is 11.5 Å². The van der Waals surface area contributed by atoms with Gasteiger partial charge in [0.05, 0.1) is 6.10 Å². The Kier molecular flexibility index (Phi) is 2.93. The van der Waals surface area contributed by atoms with Gasteiger partial charge in [-0.05, 0) is 36.0 Å². The average Bonchev–Trinajstić information content (AvgIpc) is 2.38. The van der Waals surface area contributed by atoms with Crippen molar-refractivity contribution in [2.24, 2.45) is 23.2 Å². The van der Waals surface area contributed by atoms with Gasteiger partial charge in [0.15, 0.2) is 12.4 Å². The number of pyridine rings is 1. The van der Waals surface area contributed by atoms with E-state index in [4.69, 9.17) is 4.74 Å². The van der Waals surface area contributed by atoms with Gasteiger partial charge in [-0.3, -0.25) is 0 Å². The van der Waals surface area contributed by atoms with Crippen LogP contribution in [0.4, 0.5) is 0 Å². The predicted molar refractivity (Wildman–Crippen MR) is 70.7 cm³/mol. The Labute approximate surface area is 110 Å². The van der Waals surface area contributed by atoms with Crippen molar-refractivity contribution in [3.8, 4) is 0 Å². The van der Waals surface area contributed by atoms with Gasteiger partial charge in [0, 0.05) is 12.1 Å². The number of hydrogen-bond acceptors (Lipinski definition) is 1. The highest BCUT2D eigenvalue weighted by atomic mass is 16.5. The van der Waals surface area contributed by atoms with Crippen molar-refractivity contribution in [3.05, 3.63) is 30.6 Å². The van der Waals surface area contributed by atoms with E-state index in [2.05, 4.69) is 37.7 Å². The quantitative estimate of drug-likeness (QED) is 0.747. The Hall–Kier alpha value is -0.890. The van der Waals surface area contributed by atoms with Crippen LogP contribution in [0.2, 0.25) is 0 Å². The minimum Gasteiger partial charge on any atom is -0.320 e. The molecule has 0 amide bonds. The summed E-state index contributed by atoms with van der Waals surface area (Å²) in [6.45, 7) is 7.94. The highest BCUT2D eigenvalue weighted by Crippen LogP contribution is 2.61. The van der Waals surface area contributed by atoms with Gasteiger partial charge in [0.25, 0.3) is 6.73 Å². The highest BCUT2D eigenvalue weighted by Gasteiger charge is 2.56. The maximum atomic E-state index is 6.14. The molecule has 98 valence electrons. The number of ether oxygens (including phenoxy) is 1. The predicted octanol–water partition coefficient (Wildman–Crippen LogP) is 3.02. The molecule has 1 aromatic rings. The normalized spacial score (nSPS) is 37.1. The summed E-state index contributed by atoms with van der Waals surface area (Å²) in [6.07, 6.45) is 7.26. The zero-order valence-corrected chi connectivity index (χ0v) is 11.7. The molecule has 2 nitrogen and oxygen atoms in total. The fourth-order valence-electron chi connectivity index (χ4n) is 4.02. The van der Waals surface area contributed by atoms with Gasteiger partial charge in [0.1, 0.15) is 0 Å². The highest BCUT2D eigenvalue weighted by molar-refractivity contribution is 5.05. The van der Waals surface area contributed by atoms with Gasteiger partial charge in [-0.15, -0.1) is 0 Å². The maximum absolute atomic E-state index is 6.14. The lowest BCUT2D eigenvalue weighted by Gasteiger charge is -2.61. The molecule has 3 aliphatic carbocycles. The second-order valence-electron chi connectivity index (χ2n) is 6.68. The molecule has 0 N–H and O–H groups in total. The van der Waals surface area contributed by atoms with E-state index in [1.54, 1.807) is 0 Å². The molecule has 3 saturated carbocycles. The summed E-state index contributed by atoms with van der Waals surface area (Å²) in [4.78, 5) is 0. The summed E-state index contributed by atoms with van der Waals surface area (Å²) >= 11 is 0. The van der Waals surface area contributed by atoms with Gasteiger partial charge >= 0.3 is 0 Å². The van der Waals surface area contributed by atoms with E-state index in [0.29, 0.717) is 24.2 Å². The van der Waals surface area contributed by atoms with E-state index in [-0.39, 0.29) is 0 Å². The summed E-state index contributed by atoms with van der Waals surface area (Å²) < 4.78 is 8.25. The Bertz CT molecular complexity index is 414. The van der Waals surface area contributed by atoms with E-state index in [0.717, 1.165) is 11.8 Å². The zero-order chi connectivity index (χ0) is 12.8. The Morgan fingerprint density at radius 2 is 1.89 bits per heavy atom. The van der Waals surface area contributed by atoms with Crippen molar-refractivity contribution in [2.45, 2.75) is 46.4 Å². The van der Waals surface area contributed by atoms with Gasteiger partial charge in [-0.1, -0.05) is 26.8 Å². The van der Waals surface area contributed by atoms with Crippen molar-refractivity contribution < 1.29 is 9.30 Å². The molecule has 1 aromatic heterocycles. The third-order valence-electron chi connectivity index (χ3n) is 5.50. The number of aromatic nitrogens is 1. The average molecular weight is 246 g/mol. The van der Waals surface area contributed by atoms with Crippen LogP contribution in [0.1, 0.15) is 33.6 Å². The first-order chi connectivity index (χ1) is 8.59. The van der Waals surface area contributed by atoms with Crippen LogP contribution in [0.3, 0.4) is 0 Å². The number of hydrogen-bond donors (Lipinski definition) is 0. The monoisotopic (exact) mass is 246 g/mol. The largest absolute Gasteiger partial charge is 0.320 e. The van der Waals surface area contributed by atoms with Crippen LogP contribution in [0.25, 0.3) is 0 Å². The van der Waals surface area contributed by atoms with Crippen molar-refractivity contribution in [2.75, 3.05) is 0 Å². The van der Waals surface area contributed by atoms with Gasteiger partial charge < -0.3 is 4.74 Å². The molecule has 0 spiro atoms. The summed E-state index contributed by atoms with van der Waals surface area (Å²) in [5, 5.41) is 0. The molecular weight excluding hydrogens is 222 g/mol. The van der Waals surface area contributed by atoms with Crippen LogP contribution in [0.5, 0.6) is 0 Å². The van der Waals surface area contributed by atoms with Crippen molar-refractivity contribution in [1.29, 1.82) is 0 Å². The summed E-state index contributed by atoms with van der Waals surface area (Å²) in [7, 11) is 0. The first kappa shape index (κ1) is 12.2. The molecule has 3 aliphatic rings. The SMILES string of the molecule is CC1C(OC[n+]2ccccc2)CC2CC1C2(C)C. The van der Waals surface area contributed by atoms with E-state index < -0.39 is 0 Å². The van der Waals surface area contributed by atoms with E-state index in [9.17, 15) is 0 Å². The van der Waals surface area contributed by atoms with E-state index in [1.807, 2.05) is 18.2 Å². The lowest BCUT2D eigenvalue weighted by molar-refractivity contribution is -0.735. The van der Waals surface area contributed by atoms with Crippen LogP contribution < -0.4 is 4.57 Å². The second kappa shape index (κ2) is 4.34. The zero-order valence-electron chi connectivity index (χ0n) is 11.7. The van der Waals surface area contributed by atoms with E-state index in [1.165, 1.54) is 12.8 Å². The number of rotatable bonds is 3. The smallest absolute Gasteiger partial charge is 0.252 e. The topological polar surface area (TPSA) is 13.1 Å². The fraction of sp³-hybridized carbons (Fsp3) is 0.688. The number of nitrogens with zero attached hydrogens (tertiary/aromatic N) is 1. The molecule has 4 unspecified atom stereocenters. The van der Waals surface area contributed by atoms with Gasteiger partial charge in [-0.2, -0.15) is 4.57 Å². The molecule has 4 atom stereocenters. The fourth-order valence-corrected chi connectivity index (χ4v) is 4.02. The molecule has 2 heteroatoms. The molecule has 18 heavy (non-hydrogen) atoms. The molecule has 2 bridgehead atoms. The summed E-state index contributed by atoms with van der Waals surface area (Å²) in [5.74, 6) is 2.45. The van der Waals surface area contributed by atoms with Gasteiger partial charge in [0.2, 0.25) is 0 Å². The Morgan fingerprint density at radius 3 is 2.50 bits per heavy atom. The minimum absolute atomic E-state index is 0.453. The Balaban J connectivity index is 1.59. The van der Waals surface area contributed by atoms with Gasteiger partial charge in [-0.25, -0.2) is 0 Å². The third kappa shape index (κ3) is 1.87. The standard InChI is InChI=1S/C16H24NO/c1-12-14-9-13(16(14,2)3)10-15(12)18-11-17-7-5-4-6-8-17/h4-8,12-15H,9-11H2,1-3H3/q+1. The van der Waals surface area contributed by atoms with Crippen LogP contribution in [-0.4, -0.2) is 6.10 Å². The second-order valence-corrected chi connectivity index (χ2v) is 6.68. The van der Waals surface area contributed by atoms with Crippen LogP contribution >= 0.6 is 0 Å². The first-order valence-corrected chi connectivity index (χ1v) is 7.14. The maximum Gasteiger partial charge on any atom is 0.252 e. The Morgan fingerprint density at radius 1 is 1.17 bits per heavy atom. The molecule has 4 rings (SSSR count). The molecule has 0 aromatic carbocycles. The first-order valence-electron chi connectivity index (χ1n) is 7.14. The van der Waals surface area contributed by atoms with Crippen molar-refractivity contribution in [1.82, 2.24) is 0 Å². The molecule has 0 saturated heterocycles. The van der Waals surface area contributed by atoms with Crippen LogP contribution in [0.15, 0.2) is 30.6 Å². The summed E-state index contributed by atoms with van der Waals surface area (Å²) in [5.41, 5.74) is 0.555. The number of fused-ring (bicyclic) bond motifs is 2.